The molecule has 68 valence electrons. The van der Waals surface area contributed by atoms with Crippen molar-refractivity contribution >= 4 is 0 Å². The van der Waals surface area contributed by atoms with Gasteiger partial charge in [-0.1, -0.05) is 33.1 Å². The molecule has 0 aromatic carbocycles. The van der Waals surface area contributed by atoms with Crippen LogP contribution in [0, 0.1) is 5.92 Å². The summed E-state index contributed by atoms with van der Waals surface area (Å²) < 4.78 is 0. The lowest BCUT2D eigenvalue weighted by molar-refractivity contribution is 0.371. The number of allylic oxidation sites excluding steroid dienone is 3. The van der Waals surface area contributed by atoms with Gasteiger partial charge in [0.1, 0.15) is 0 Å². The van der Waals surface area contributed by atoms with Crippen LogP contribution in [0.3, 0.4) is 0 Å². The number of nitrogens with zero attached hydrogens (tertiary/aromatic N) is 1. The minimum atomic E-state index is 0.670. The van der Waals surface area contributed by atoms with Crippen molar-refractivity contribution in [1.29, 1.82) is 0 Å². The lowest BCUT2D eigenvalue weighted by atomic mass is 10.2. The molecule has 0 atom stereocenters. The first-order valence-corrected chi connectivity index (χ1v) is 4.28. The van der Waals surface area contributed by atoms with Gasteiger partial charge in [0.05, 0.1) is 0 Å². The van der Waals surface area contributed by atoms with Crippen LogP contribution in [0.25, 0.3) is 0 Å². The van der Waals surface area contributed by atoms with Gasteiger partial charge in [0.15, 0.2) is 0 Å². The van der Waals surface area contributed by atoms with Crippen molar-refractivity contribution in [3.05, 3.63) is 37.1 Å². The molecular formula is C11H19N. The van der Waals surface area contributed by atoms with Gasteiger partial charge in [0.25, 0.3) is 0 Å². The second kappa shape index (κ2) is 5.64. The molecule has 0 fully saturated rings. The summed E-state index contributed by atoms with van der Waals surface area (Å²) in [6.45, 7) is 12.9. The summed E-state index contributed by atoms with van der Waals surface area (Å²) in [5.74, 6) is 0.670. The summed E-state index contributed by atoms with van der Waals surface area (Å²) in [6, 6.07) is 0. The number of hydrogen-bond acceptors (Lipinski definition) is 1. The maximum Gasteiger partial charge on any atom is 0.0357 e. The Morgan fingerprint density at radius 1 is 1.42 bits per heavy atom. The largest absolute Gasteiger partial charge is 0.374 e. The standard InChI is InChI=1S/C11H19N/c1-6-8-11(7-2)12(5)9-10(3)4/h6-8,10H,1-2,9H2,3-5H3/b11-8+. The minimum absolute atomic E-state index is 0.670. The van der Waals surface area contributed by atoms with Crippen LogP contribution in [0.5, 0.6) is 0 Å². The maximum absolute atomic E-state index is 3.75. The van der Waals surface area contributed by atoms with Crippen molar-refractivity contribution in [1.82, 2.24) is 4.90 Å². The lowest BCUT2D eigenvalue weighted by Crippen LogP contribution is -2.21. The molecule has 0 amide bonds. The molecule has 12 heavy (non-hydrogen) atoms. The van der Waals surface area contributed by atoms with E-state index in [2.05, 4.69) is 39.0 Å². The average molecular weight is 165 g/mol. The molecule has 0 unspecified atom stereocenters. The zero-order valence-corrected chi connectivity index (χ0v) is 8.38. The highest BCUT2D eigenvalue weighted by Gasteiger charge is 2.01. The monoisotopic (exact) mass is 165 g/mol. The van der Waals surface area contributed by atoms with Gasteiger partial charge < -0.3 is 4.90 Å². The summed E-state index contributed by atoms with van der Waals surface area (Å²) in [7, 11) is 2.07. The summed E-state index contributed by atoms with van der Waals surface area (Å²) in [6.07, 6.45) is 5.60. The first kappa shape index (κ1) is 11.0. The van der Waals surface area contributed by atoms with E-state index in [0.717, 1.165) is 12.2 Å². The second-order valence-electron chi connectivity index (χ2n) is 3.31. The van der Waals surface area contributed by atoms with Crippen LogP contribution in [0.4, 0.5) is 0 Å². The maximum atomic E-state index is 3.75. The van der Waals surface area contributed by atoms with E-state index in [0.29, 0.717) is 5.92 Å². The Morgan fingerprint density at radius 2 is 2.00 bits per heavy atom. The van der Waals surface area contributed by atoms with Crippen LogP contribution in [-0.2, 0) is 0 Å². The molecule has 0 aliphatic carbocycles. The number of likely N-dealkylation sites (N-methyl/N-ethyl adjacent to an activating group) is 1. The quantitative estimate of drug-likeness (QED) is 0.566. The summed E-state index contributed by atoms with van der Waals surface area (Å²) in [5, 5.41) is 0. The van der Waals surface area contributed by atoms with E-state index in [-0.39, 0.29) is 0 Å². The Hall–Kier alpha value is -0.980. The molecule has 0 heterocycles. The first-order chi connectivity index (χ1) is 5.61. The molecule has 0 aliphatic heterocycles. The average Bonchev–Trinajstić information content (AvgIpc) is 1.98. The molecular weight excluding hydrogens is 146 g/mol. The van der Waals surface area contributed by atoms with Gasteiger partial charge >= 0.3 is 0 Å². The van der Waals surface area contributed by atoms with Gasteiger partial charge in [-0.05, 0) is 18.1 Å². The fraction of sp³-hybridized carbons (Fsp3) is 0.455. The van der Waals surface area contributed by atoms with E-state index in [4.69, 9.17) is 0 Å². The van der Waals surface area contributed by atoms with Crippen LogP contribution in [0.1, 0.15) is 13.8 Å². The summed E-state index contributed by atoms with van der Waals surface area (Å²) in [4.78, 5) is 2.18. The van der Waals surface area contributed by atoms with Crippen molar-refractivity contribution in [3.63, 3.8) is 0 Å². The van der Waals surface area contributed by atoms with E-state index < -0.39 is 0 Å². The molecule has 0 rings (SSSR count). The molecule has 0 saturated heterocycles. The van der Waals surface area contributed by atoms with Crippen molar-refractivity contribution in [2.45, 2.75) is 13.8 Å². The highest BCUT2D eigenvalue weighted by Crippen LogP contribution is 2.06. The Labute approximate surface area is 76.1 Å². The van der Waals surface area contributed by atoms with Crippen LogP contribution < -0.4 is 0 Å². The van der Waals surface area contributed by atoms with Crippen LogP contribution in [0.15, 0.2) is 37.1 Å². The molecule has 0 N–H and O–H groups in total. The molecule has 0 bridgehead atoms. The van der Waals surface area contributed by atoms with E-state index in [1.807, 2.05) is 12.2 Å². The van der Waals surface area contributed by atoms with E-state index >= 15 is 0 Å². The smallest absolute Gasteiger partial charge is 0.0357 e. The fourth-order valence-corrected chi connectivity index (χ4v) is 1.12. The molecule has 0 saturated carbocycles. The summed E-state index contributed by atoms with van der Waals surface area (Å²) >= 11 is 0. The molecule has 1 nitrogen and oxygen atoms in total. The third-order valence-electron chi connectivity index (χ3n) is 1.58. The summed E-state index contributed by atoms with van der Waals surface area (Å²) in [5.41, 5.74) is 1.12. The van der Waals surface area contributed by atoms with Gasteiger partial charge in [0.2, 0.25) is 0 Å². The van der Waals surface area contributed by atoms with Crippen LogP contribution >= 0.6 is 0 Å². The van der Waals surface area contributed by atoms with Crippen molar-refractivity contribution < 1.29 is 0 Å². The molecule has 0 aliphatic rings. The lowest BCUT2D eigenvalue weighted by Gasteiger charge is -2.21. The number of hydrogen-bond donors (Lipinski definition) is 0. The zero-order valence-electron chi connectivity index (χ0n) is 8.38. The van der Waals surface area contributed by atoms with Crippen molar-refractivity contribution in [3.8, 4) is 0 Å². The van der Waals surface area contributed by atoms with Crippen molar-refractivity contribution in [2.24, 2.45) is 5.92 Å². The fourth-order valence-electron chi connectivity index (χ4n) is 1.12. The highest BCUT2D eigenvalue weighted by molar-refractivity contribution is 5.19. The highest BCUT2D eigenvalue weighted by atomic mass is 15.1. The molecule has 0 radical (unpaired) electrons. The van der Waals surface area contributed by atoms with Gasteiger partial charge in [-0.3, -0.25) is 0 Å². The Morgan fingerprint density at radius 3 is 2.33 bits per heavy atom. The van der Waals surface area contributed by atoms with Gasteiger partial charge in [0, 0.05) is 19.3 Å². The minimum Gasteiger partial charge on any atom is -0.374 e. The third-order valence-corrected chi connectivity index (χ3v) is 1.58. The van der Waals surface area contributed by atoms with E-state index in [9.17, 15) is 0 Å². The van der Waals surface area contributed by atoms with Gasteiger partial charge in [-0.2, -0.15) is 0 Å². The molecule has 0 aromatic heterocycles. The third kappa shape index (κ3) is 4.02. The Bertz CT molecular complexity index is 177. The first-order valence-electron chi connectivity index (χ1n) is 4.28. The Balaban J connectivity index is 4.21. The topological polar surface area (TPSA) is 3.24 Å². The zero-order chi connectivity index (χ0) is 9.56. The van der Waals surface area contributed by atoms with Crippen LogP contribution in [0.2, 0.25) is 0 Å². The SMILES string of the molecule is C=C/C=C(\C=C)N(C)CC(C)C. The predicted octanol–water partition coefficient (Wildman–Crippen LogP) is 2.83. The predicted molar refractivity (Wildman–Crippen MR) is 55.9 cm³/mol. The molecule has 1 heteroatoms. The normalized spacial score (nSPS) is 11.5. The molecule has 0 spiro atoms. The Kier molecular flexibility index (Phi) is 5.18. The van der Waals surface area contributed by atoms with Crippen molar-refractivity contribution in [2.75, 3.05) is 13.6 Å². The van der Waals surface area contributed by atoms with Gasteiger partial charge in [-0.15, -0.1) is 0 Å². The number of rotatable bonds is 5. The van der Waals surface area contributed by atoms with Gasteiger partial charge in [-0.25, -0.2) is 0 Å². The second-order valence-corrected chi connectivity index (χ2v) is 3.31. The van der Waals surface area contributed by atoms with E-state index in [1.54, 1.807) is 6.08 Å². The van der Waals surface area contributed by atoms with E-state index in [1.165, 1.54) is 0 Å². The molecule has 0 aromatic rings. The van der Waals surface area contributed by atoms with Crippen LogP contribution in [-0.4, -0.2) is 18.5 Å².